The van der Waals surface area contributed by atoms with E-state index in [1.165, 1.54) is 4.90 Å². The summed E-state index contributed by atoms with van der Waals surface area (Å²) < 4.78 is 18.8. The van der Waals surface area contributed by atoms with E-state index in [-0.39, 0.29) is 12.5 Å². The Labute approximate surface area is 105 Å². The predicted molar refractivity (Wildman–Crippen MR) is 60.9 cm³/mol. The van der Waals surface area contributed by atoms with Crippen LogP contribution in [0.3, 0.4) is 0 Å². The molecule has 5 nitrogen and oxygen atoms in total. The minimum atomic E-state index is -1.16. The minimum Gasteiger partial charge on any atom is -0.480 e. The predicted octanol–water partition coefficient (Wildman–Crippen LogP) is 1.81. The van der Waals surface area contributed by atoms with E-state index in [0.29, 0.717) is 6.42 Å². The highest BCUT2D eigenvalue weighted by molar-refractivity contribution is 5.82. The molecule has 2 bridgehead atoms. The lowest BCUT2D eigenvalue weighted by Crippen LogP contribution is -2.53. The van der Waals surface area contributed by atoms with Gasteiger partial charge in [0.15, 0.2) is 0 Å². The standard InChI is InChI=1S/C12H18FNO4/c1-12(2,3)18-11(17)14-6-4-7(8(13)5-6)9(14)10(15)16/h6-9H,4-5H2,1-3H3,(H,15,16)/t6-,7-,8-,9-/m0/s1. The van der Waals surface area contributed by atoms with E-state index >= 15 is 0 Å². The number of carbonyl (C=O) groups excluding carboxylic acids is 1. The molecule has 0 spiro atoms. The summed E-state index contributed by atoms with van der Waals surface area (Å²) in [7, 11) is 0. The molecule has 0 aromatic carbocycles. The fraction of sp³-hybridized carbons (Fsp3) is 0.833. The van der Waals surface area contributed by atoms with Crippen molar-refractivity contribution in [1.82, 2.24) is 4.90 Å². The lowest BCUT2D eigenvalue weighted by atomic mass is 9.97. The summed E-state index contributed by atoms with van der Waals surface area (Å²) in [6.45, 7) is 5.15. The molecule has 1 amide bonds. The van der Waals surface area contributed by atoms with Gasteiger partial charge in [-0.2, -0.15) is 0 Å². The normalized spacial score (nSPS) is 34.8. The third-order valence-corrected chi connectivity index (χ3v) is 3.46. The maximum absolute atomic E-state index is 13.6. The second-order valence-electron chi connectivity index (χ2n) is 5.98. The van der Waals surface area contributed by atoms with Gasteiger partial charge in [-0.1, -0.05) is 0 Å². The van der Waals surface area contributed by atoms with Crippen LogP contribution >= 0.6 is 0 Å². The summed E-state index contributed by atoms with van der Waals surface area (Å²) in [6, 6.07) is -1.44. The lowest BCUT2D eigenvalue weighted by molar-refractivity contribution is -0.146. The number of halogens is 1. The van der Waals surface area contributed by atoms with Crippen molar-refractivity contribution in [3.63, 3.8) is 0 Å². The number of carboxylic acids is 1. The summed E-state index contributed by atoms with van der Waals surface area (Å²) in [5, 5.41) is 9.15. The van der Waals surface area contributed by atoms with Crippen LogP contribution in [0, 0.1) is 5.92 Å². The summed E-state index contributed by atoms with van der Waals surface area (Å²) in [4.78, 5) is 24.4. The summed E-state index contributed by atoms with van der Waals surface area (Å²) in [6.07, 6.45) is -1.16. The first-order chi connectivity index (χ1) is 8.20. The Bertz CT molecular complexity index is 379. The molecule has 1 aliphatic heterocycles. The van der Waals surface area contributed by atoms with Crippen molar-refractivity contribution in [3.8, 4) is 0 Å². The zero-order valence-corrected chi connectivity index (χ0v) is 10.7. The molecule has 1 saturated heterocycles. The van der Waals surface area contributed by atoms with Gasteiger partial charge < -0.3 is 9.84 Å². The number of nitrogens with zero attached hydrogens (tertiary/aromatic N) is 1. The molecule has 4 atom stereocenters. The molecule has 1 saturated carbocycles. The van der Waals surface area contributed by atoms with Gasteiger partial charge in [0.05, 0.1) is 0 Å². The zero-order chi connectivity index (χ0) is 13.7. The van der Waals surface area contributed by atoms with Crippen molar-refractivity contribution < 1.29 is 23.8 Å². The highest BCUT2D eigenvalue weighted by Gasteiger charge is 2.57. The number of hydrogen-bond acceptors (Lipinski definition) is 3. The van der Waals surface area contributed by atoms with E-state index in [9.17, 15) is 14.0 Å². The number of amides is 1. The highest BCUT2D eigenvalue weighted by atomic mass is 19.1. The number of piperidine rings is 1. The lowest BCUT2D eigenvalue weighted by Gasteiger charge is -2.35. The van der Waals surface area contributed by atoms with Crippen LogP contribution in [0.4, 0.5) is 9.18 Å². The van der Waals surface area contributed by atoms with Crippen molar-refractivity contribution in [2.45, 2.75) is 57.5 Å². The van der Waals surface area contributed by atoms with E-state index in [2.05, 4.69) is 0 Å². The van der Waals surface area contributed by atoms with Gasteiger partial charge in [-0.05, 0) is 33.6 Å². The van der Waals surface area contributed by atoms with Crippen LogP contribution in [0.5, 0.6) is 0 Å². The Kier molecular flexibility index (Phi) is 2.99. The molecular weight excluding hydrogens is 241 g/mol. The molecule has 6 heteroatoms. The molecule has 1 aliphatic carbocycles. The van der Waals surface area contributed by atoms with Crippen LogP contribution < -0.4 is 0 Å². The van der Waals surface area contributed by atoms with Gasteiger partial charge in [0.2, 0.25) is 0 Å². The maximum atomic E-state index is 13.6. The summed E-state index contributed by atoms with van der Waals surface area (Å²) >= 11 is 0. The Morgan fingerprint density at radius 3 is 2.44 bits per heavy atom. The van der Waals surface area contributed by atoms with Crippen molar-refractivity contribution in [1.29, 1.82) is 0 Å². The quantitative estimate of drug-likeness (QED) is 0.779. The molecule has 102 valence electrons. The molecule has 2 aliphatic rings. The highest BCUT2D eigenvalue weighted by Crippen LogP contribution is 2.44. The number of alkyl halides is 1. The van der Waals surface area contributed by atoms with Gasteiger partial charge in [0, 0.05) is 12.0 Å². The van der Waals surface area contributed by atoms with E-state index in [4.69, 9.17) is 9.84 Å². The minimum absolute atomic E-state index is 0.216. The van der Waals surface area contributed by atoms with E-state index in [1.807, 2.05) is 0 Å². The third kappa shape index (κ3) is 2.15. The number of hydrogen-bond donors (Lipinski definition) is 1. The number of aliphatic carboxylic acids is 1. The fourth-order valence-electron chi connectivity index (χ4n) is 2.86. The van der Waals surface area contributed by atoms with Crippen molar-refractivity contribution in [2.75, 3.05) is 0 Å². The Morgan fingerprint density at radius 1 is 1.33 bits per heavy atom. The molecule has 1 heterocycles. The number of carbonyl (C=O) groups is 2. The Morgan fingerprint density at radius 2 is 1.94 bits per heavy atom. The summed E-state index contributed by atoms with van der Waals surface area (Å²) in [5.41, 5.74) is -0.683. The van der Waals surface area contributed by atoms with E-state index < -0.39 is 35.8 Å². The molecule has 18 heavy (non-hydrogen) atoms. The van der Waals surface area contributed by atoms with Crippen molar-refractivity contribution in [3.05, 3.63) is 0 Å². The van der Waals surface area contributed by atoms with Gasteiger partial charge in [0.1, 0.15) is 17.8 Å². The summed E-state index contributed by atoms with van der Waals surface area (Å²) in [5.74, 6) is -1.75. The number of carboxylic acid groups (broad SMARTS) is 1. The van der Waals surface area contributed by atoms with E-state index in [1.54, 1.807) is 20.8 Å². The zero-order valence-electron chi connectivity index (χ0n) is 10.7. The van der Waals surface area contributed by atoms with Crippen LogP contribution in [0.15, 0.2) is 0 Å². The Hall–Kier alpha value is -1.33. The average Bonchev–Trinajstić information content (AvgIpc) is 2.69. The molecule has 2 fully saturated rings. The topological polar surface area (TPSA) is 66.8 Å². The second kappa shape index (κ2) is 4.10. The van der Waals surface area contributed by atoms with Gasteiger partial charge in [-0.15, -0.1) is 0 Å². The van der Waals surface area contributed by atoms with Gasteiger partial charge in [-0.25, -0.2) is 14.0 Å². The first-order valence-electron chi connectivity index (χ1n) is 6.09. The van der Waals surface area contributed by atoms with Gasteiger partial charge in [-0.3, -0.25) is 4.90 Å². The van der Waals surface area contributed by atoms with Gasteiger partial charge in [0.25, 0.3) is 0 Å². The van der Waals surface area contributed by atoms with Crippen molar-refractivity contribution >= 4 is 12.1 Å². The van der Waals surface area contributed by atoms with Crippen LogP contribution in [0.25, 0.3) is 0 Å². The van der Waals surface area contributed by atoms with Crippen LogP contribution in [0.1, 0.15) is 33.6 Å². The van der Waals surface area contributed by atoms with Crippen molar-refractivity contribution in [2.24, 2.45) is 5.92 Å². The number of likely N-dealkylation sites (tertiary alicyclic amines) is 1. The monoisotopic (exact) mass is 259 g/mol. The van der Waals surface area contributed by atoms with Gasteiger partial charge >= 0.3 is 12.1 Å². The van der Waals surface area contributed by atoms with Crippen LogP contribution in [0.2, 0.25) is 0 Å². The molecule has 0 radical (unpaired) electrons. The first kappa shape index (κ1) is 13.1. The second-order valence-corrected chi connectivity index (χ2v) is 5.98. The molecular formula is C12H18FNO4. The van der Waals surface area contributed by atoms with Crippen LogP contribution in [-0.4, -0.2) is 45.9 Å². The average molecular weight is 259 g/mol. The fourth-order valence-corrected chi connectivity index (χ4v) is 2.86. The number of fused-ring (bicyclic) bond motifs is 2. The molecule has 1 N–H and O–H groups in total. The molecule has 0 aromatic heterocycles. The smallest absolute Gasteiger partial charge is 0.411 e. The molecule has 0 aromatic rings. The SMILES string of the molecule is CC(C)(C)OC(=O)N1[C@H]2C[C@H]([C@H]1C(=O)O)[C@@H](F)C2. The van der Waals surface area contributed by atoms with E-state index in [0.717, 1.165) is 0 Å². The third-order valence-electron chi connectivity index (χ3n) is 3.46. The Balaban J connectivity index is 2.17. The molecule has 0 unspecified atom stereocenters. The maximum Gasteiger partial charge on any atom is 0.411 e. The number of ether oxygens (including phenoxy) is 1. The van der Waals surface area contributed by atoms with Crippen LogP contribution in [-0.2, 0) is 9.53 Å². The number of rotatable bonds is 1. The first-order valence-corrected chi connectivity index (χ1v) is 6.09. The largest absolute Gasteiger partial charge is 0.480 e. The molecule has 2 rings (SSSR count).